The summed E-state index contributed by atoms with van der Waals surface area (Å²) in [6.45, 7) is 1.03. The molecule has 1 fully saturated rings. The zero-order valence-corrected chi connectivity index (χ0v) is 22.0. The molecule has 0 saturated carbocycles. The second kappa shape index (κ2) is 11.0. The van der Waals surface area contributed by atoms with Crippen LogP contribution in [0.5, 0.6) is 5.75 Å². The summed E-state index contributed by atoms with van der Waals surface area (Å²) in [5.41, 5.74) is 3.81. The molecule has 188 valence electrons. The van der Waals surface area contributed by atoms with E-state index in [2.05, 4.69) is 6.07 Å². The maximum Gasteiger partial charge on any atom is 0.294 e. The summed E-state index contributed by atoms with van der Waals surface area (Å²) in [6, 6.07) is 20.4. The van der Waals surface area contributed by atoms with Crippen molar-refractivity contribution >= 4 is 58.1 Å². The number of halogens is 2. The number of ether oxygens (including phenoxy) is 1. The smallest absolute Gasteiger partial charge is 0.294 e. The Morgan fingerprint density at radius 2 is 1.81 bits per heavy atom. The van der Waals surface area contributed by atoms with Gasteiger partial charge in [0.2, 0.25) is 5.91 Å². The summed E-state index contributed by atoms with van der Waals surface area (Å²) in [6.07, 6.45) is 2.39. The average molecular weight is 553 g/mol. The maximum absolute atomic E-state index is 13.0. The highest BCUT2D eigenvalue weighted by atomic mass is 35.5. The van der Waals surface area contributed by atoms with E-state index in [1.165, 1.54) is 5.56 Å². The summed E-state index contributed by atoms with van der Waals surface area (Å²) in [7, 11) is 0. The van der Waals surface area contributed by atoms with E-state index in [0.29, 0.717) is 34.4 Å². The van der Waals surface area contributed by atoms with Crippen LogP contribution in [0, 0.1) is 0 Å². The van der Waals surface area contributed by atoms with Crippen molar-refractivity contribution in [3.05, 3.63) is 104 Å². The zero-order chi connectivity index (χ0) is 25.9. The van der Waals surface area contributed by atoms with Gasteiger partial charge in [-0.15, -0.1) is 0 Å². The SMILES string of the molecule is O=C(CN1C(=O)S/C(=C/c2cccc(OCc3ccc(Cl)cc3Cl)c2)C1=O)N1CCc2ccccc2C1. The quantitative estimate of drug-likeness (QED) is 0.341. The summed E-state index contributed by atoms with van der Waals surface area (Å²) in [5, 5.41) is 0.611. The van der Waals surface area contributed by atoms with Crippen LogP contribution in [-0.2, 0) is 29.2 Å². The molecule has 5 rings (SSSR count). The predicted octanol–water partition coefficient (Wildman–Crippen LogP) is 6.19. The topological polar surface area (TPSA) is 66.9 Å². The Bertz CT molecular complexity index is 1420. The Kier molecular flexibility index (Phi) is 7.55. The normalized spacial score (nSPS) is 16.3. The number of rotatable bonds is 6. The lowest BCUT2D eigenvalue weighted by Gasteiger charge is -2.29. The van der Waals surface area contributed by atoms with E-state index in [-0.39, 0.29) is 24.0 Å². The third kappa shape index (κ3) is 5.85. The van der Waals surface area contributed by atoms with Crippen LogP contribution < -0.4 is 4.74 Å². The summed E-state index contributed by atoms with van der Waals surface area (Å²) in [4.78, 5) is 41.5. The Labute approximate surface area is 228 Å². The number of fused-ring (bicyclic) bond motifs is 1. The minimum atomic E-state index is -0.472. The average Bonchev–Trinajstić information content (AvgIpc) is 3.15. The Morgan fingerprint density at radius 3 is 2.62 bits per heavy atom. The van der Waals surface area contributed by atoms with Gasteiger partial charge in [0.25, 0.3) is 11.1 Å². The predicted molar refractivity (Wildman–Crippen MR) is 145 cm³/mol. The van der Waals surface area contributed by atoms with Gasteiger partial charge in [-0.1, -0.05) is 65.7 Å². The Hall–Kier alpha value is -3.26. The van der Waals surface area contributed by atoms with E-state index >= 15 is 0 Å². The van der Waals surface area contributed by atoms with Crippen molar-refractivity contribution in [2.24, 2.45) is 0 Å². The van der Waals surface area contributed by atoms with Crippen molar-refractivity contribution in [1.29, 1.82) is 0 Å². The Morgan fingerprint density at radius 1 is 1.00 bits per heavy atom. The van der Waals surface area contributed by atoms with Gasteiger partial charge in [0, 0.05) is 28.7 Å². The first-order valence-corrected chi connectivity index (χ1v) is 13.2. The summed E-state index contributed by atoms with van der Waals surface area (Å²) in [5.74, 6) is -0.131. The first-order valence-electron chi connectivity index (χ1n) is 11.6. The molecule has 2 heterocycles. The van der Waals surface area contributed by atoms with Gasteiger partial charge < -0.3 is 9.64 Å². The number of hydrogen-bond acceptors (Lipinski definition) is 5. The fourth-order valence-electron chi connectivity index (χ4n) is 4.23. The first-order chi connectivity index (χ1) is 17.9. The van der Waals surface area contributed by atoms with Crippen LogP contribution in [0.25, 0.3) is 6.08 Å². The number of amides is 3. The van der Waals surface area contributed by atoms with Crippen LogP contribution in [0.1, 0.15) is 22.3 Å². The molecule has 2 aliphatic heterocycles. The molecule has 0 bridgehead atoms. The molecule has 0 aromatic heterocycles. The lowest BCUT2D eigenvalue weighted by atomic mass is 10.00. The van der Waals surface area contributed by atoms with Crippen LogP contribution in [-0.4, -0.2) is 39.9 Å². The van der Waals surface area contributed by atoms with E-state index in [9.17, 15) is 14.4 Å². The highest BCUT2D eigenvalue weighted by Crippen LogP contribution is 2.33. The van der Waals surface area contributed by atoms with Crippen LogP contribution in [0.15, 0.2) is 71.6 Å². The molecule has 3 aromatic rings. The van der Waals surface area contributed by atoms with Gasteiger partial charge >= 0.3 is 0 Å². The summed E-state index contributed by atoms with van der Waals surface area (Å²) < 4.78 is 5.86. The third-order valence-corrected chi connectivity index (χ3v) is 7.71. The third-order valence-electron chi connectivity index (χ3n) is 6.22. The van der Waals surface area contributed by atoms with E-state index in [4.69, 9.17) is 27.9 Å². The standard InChI is InChI=1S/C28H22Cl2N2O4S/c29-22-9-8-21(24(30)14-22)17-36-23-7-3-4-18(12-23)13-25-27(34)32(28(35)37-25)16-26(33)31-11-10-19-5-1-2-6-20(19)15-31/h1-9,12-14H,10-11,15-17H2/b25-13+. The van der Waals surface area contributed by atoms with Gasteiger partial charge in [-0.05, 0) is 65.2 Å². The first kappa shape index (κ1) is 25.4. The fraction of sp³-hybridized carbons (Fsp3) is 0.179. The number of carbonyl (C=O) groups excluding carboxylic acids is 3. The molecule has 0 aliphatic carbocycles. The molecule has 0 spiro atoms. The molecule has 0 N–H and O–H groups in total. The molecule has 0 radical (unpaired) electrons. The number of thioether (sulfide) groups is 1. The van der Waals surface area contributed by atoms with Crippen molar-refractivity contribution < 1.29 is 19.1 Å². The monoisotopic (exact) mass is 552 g/mol. The van der Waals surface area contributed by atoms with Crippen molar-refractivity contribution in [3.63, 3.8) is 0 Å². The lowest BCUT2D eigenvalue weighted by molar-refractivity contribution is -0.136. The highest BCUT2D eigenvalue weighted by Gasteiger charge is 2.37. The summed E-state index contributed by atoms with van der Waals surface area (Å²) >= 11 is 13.0. The molecule has 3 aromatic carbocycles. The van der Waals surface area contributed by atoms with E-state index in [1.54, 1.807) is 47.4 Å². The molecule has 2 aliphatic rings. The molecular weight excluding hydrogens is 531 g/mol. The maximum atomic E-state index is 13.0. The van der Waals surface area contributed by atoms with E-state index in [1.807, 2.05) is 24.3 Å². The number of nitrogens with zero attached hydrogens (tertiary/aromatic N) is 2. The highest BCUT2D eigenvalue weighted by molar-refractivity contribution is 8.18. The van der Waals surface area contributed by atoms with Crippen molar-refractivity contribution in [2.75, 3.05) is 13.1 Å². The molecule has 0 atom stereocenters. The Balaban J connectivity index is 1.23. The minimum absolute atomic E-state index is 0.241. The number of carbonyl (C=O) groups is 3. The zero-order valence-electron chi connectivity index (χ0n) is 19.7. The van der Waals surface area contributed by atoms with Gasteiger partial charge in [0.15, 0.2) is 0 Å². The van der Waals surface area contributed by atoms with E-state index in [0.717, 1.165) is 34.2 Å². The molecule has 9 heteroatoms. The molecular formula is C28H22Cl2N2O4S. The van der Waals surface area contributed by atoms with Crippen LogP contribution >= 0.6 is 35.0 Å². The van der Waals surface area contributed by atoms with Gasteiger partial charge in [0.1, 0.15) is 18.9 Å². The van der Waals surface area contributed by atoms with Crippen LogP contribution in [0.4, 0.5) is 4.79 Å². The van der Waals surface area contributed by atoms with Crippen molar-refractivity contribution in [2.45, 2.75) is 19.6 Å². The lowest BCUT2D eigenvalue weighted by Crippen LogP contribution is -2.44. The van der Waals surface area contributed by atoms with Crippen molar-refractivity contribution in [3.8, 4) is 5.75 Å². The second-order valence-corrected chi connectivity index (χ2v) is 10.5. The second-order valence-electron chi connectivity index (χ2n) is 8.70. The van der Waals surface area contributed by atoms with Gasteiger partial charge in [-0.2, -0.15) is 0 Å². The minimum Gasteiger partial charge on any atom is -0.489 e. The fourth-order valence-corrected chi connectivity index (χ4v) is 5.53. The molecule has 1 saturated heterocycles. The van der Waals surface area contributed by atoms with Gasteiger partial charge in [-0.25, -0.2) is 0 Å². The molecule has 37 heavy (non-hydrogen) atoms. The van der Waals surface area contributed by atoms with Crippen LogP contribution in [0.3, 0.4) is 0 Å². The number of hydrogen-bond donors (Lipinski definition) is 0. The van der Waals surface area contributed by atoms with Crippen LogP contribution in [0.2, 0.25) is 10.0 Å². The number of imide groups is 1. The largest absolute Gasteiger partial charge is 0.489 e. The van der Waals surface area contributed by atoms with E-state index < -0.39 is 11.1 Å². The molecule has 6 nitrogen and oxygen atoms in total. The molecule has 0 unspecified atom stereocenters. The number of benzene rings is 3. The van der Waals surface area contributed by atoms with Gasteiger partial charge in [0.05, 0.1) is 4.91 Å². The van der Waals surface area contributed by atoms with Crippen molar-refractivity contribution in [1.82, 2.24) is 9.80 Å². The van der Waals surface area contributed by atoms with Gasteiger partial charge in [-0.3, -0.25) is 19.3 Å². The molecule has 3 amide bonds.